The van der Waals surface area contributed by atoms with E-state index in [9.17, 15) is 0 Å². The topological polar surface area (TPSA) is 12.0 Å². The first-order chi connectivity index (χ1) is 7.75. The third-order valence-corrected chi connectivity index (χ3v) is 3.28. The molecule has 16 heavy (non-hydrogen) atoms. The van der Waals surface area contributed by atoms with Gasteiger partial charge in [-0.3, -0.25) is 0 Å². The highest BCUT2D eigenvalue weighted by Crippen LogP contribution is 2.22. The van der Waals surface area contributed by atoms with Crippen LogP contribution in [0.25, 0.3) is 0 Å². The molecule has 86 valence electrons. The Labute approximate surface area is 98.6 Å². The Morgan fingerprint density at radius 1 is 1.25 bits per heavy atom. The van der Waals surface area contributed by atoms with Crippen molar-refractivity contribution in [1.29, 1.82) is 0 Å². The summed E-state index contributed by atoms with van der Waals surface area (Å²) < 4.78 is 0. The molecule has 0 bridgehead atoms. The van der Waals surface area contributed by atoms with E-state index in [1.807, 2.05) is 0 Å². The van der Waals surface area contributed by atoms with Crippen molar-refractivity contribution in [3.05, 3.63) is 41.5 Å². The lowest BCUT2D eigenvalue weighted by Gasteiger charge is -2.22. The molecule has 1 unspecified atom stereocenters. The predicted octanol–water partition coefficient (Wildman–Crippen LogP) is 4.30. The van der Waals surface area contributed by atoms with Gasteiger partial charge in [0.15, 0.2) is 0 Å². The maximum atomic E-state index is 3.58. The molecule has 1 aliphatic rings. The number of nitrogens with one attached hydrogen (secondary N) is 1. The number of aryl methyl sites for hydroxylation is 1. The van der Waals surface area contributed by atoms with Gasteiger partial charge in [-0.05, 0) is 57.2 Å². The number of allylic oxidation sites excluding steroid dienone is 1. The summed E-state index contributed by atoms with van der Waals surface area (Å²) in [6.07, 6.45) is 7.65. The van der Waals surface area contributed by atoms with Gasteiger partial charge in [-0.25, -0.2) is 0 Å². The van der Waals surface area contributed by atoms with E-state index in [2.05, 4.69) is 49.5 Å². The molecule has 1 aromatic carbocycles. The minimum absolute atomic E-state index is 0.474. The second kappa shape index (κ2) is 5.20. The quantitative estimate of drug-likeness (QED) is 0.741. The van der Waals surface area contributed by atoms with Gasteiger partial charge in [-0.15, -0.1) is 0 Å². The Bertz CT molecular complexity index is 379. The summed E-state index contributed by atoms with van der Waals surface area (Å²) in [5, 5.41) is 3.58. The lowest BCUT2D eigenvalue weighted by atomic mass is 9.94. The average molecular weight is 215 g/mol. The Balaban J connectivity index is 2.01. The van der Waals surface area contributed by atoms with Gasteiger partial charge in [-0.2, -0.15) is 0 Å². The lowest BCUT2D eigenvalue weighted by Crippen LogP contribution is -2.19. The molecule has 1 N–H and O–H groups in total. The van der Waals surface area contributed by atoms with E-state index in [0.29, 0.717) is 6.04 Å². The van der Waals surface area contributed by atoms with Crippen molar-refractivity contribution in [2.75, 3.05) is 5.32 Å². The molecule has 0 saturated heterocycles. The van der Waals surface area contributed by atoms with E-state index in [1.165, 1.54) is 36.9 Å². The van der Waals surface area contributed by atoms with Crippen LogP contribution in [0, 0.1) is 6.92 Å². The Kier molecular flexibility index (Phi) is 3.66. The van der Waals surface area contributed by atoms with E-state index in [4.69, 9.17) is 0 Å². The minimum Gasteiger partial charge on any atom is -0.379 e. The van der Waals surface area contributed by atoms with Crippen LogP contribution >= 0.6 is 0 Å². The van der Waals surface area contributed by atoms with Crippen molar-refractivity contribution >= 4 is 5.69 Å². The molecule has 0 amide bonds. The van der Waals surface area contributed by atoms with Gasteiger partial charge >= 0.3 is 0 Å². The van der Waals surface area contributed by atoms with Crippen LogP contribution in [0.5, 0.6) is 0 Å². The molecule has 0 radical (unpaired) electrons. The summed E-state index contributed by atoms with van der Waals surface area (Å²) in [6, 6.07) is 9.07. The van der Waals surface area contributed by atoms with Crippen LogP contribution in [-0.4, -0.2) is 6.04 Å². The van der Waals surface area contributed by atoms with Crippen LogP contribution in [0.15, 0.2) is 35.9 Å². The fraction of sp³-hybridized carbons (Fsp3) is 0.467. The molecule has 1 nitrogen and oxygen atoms in total. The van der Waals surface area contributed by atoms with Crippen LogP contribution in [0.1, 0.15) is 38.2 Å². The minimum atomic E-state index is 0.474. The largest absolute Gasteiger partial charge is 0.379 e. The van der Waals surface area contributed by atoms with Crippen molar-refractivity contribution in [3.63, 3.8) is 0 Å². The van der Waals surface area contributed by atoms with Crippen molar-refractivity contribution in [1.82, 2.24) is 0 Å². The van der Waals surface area contributed by atoms with Gasteiger partial charge in [0.05, 0.1) is 0 Å². The molecule has 0 fully saturated rings. The highest BCUT2D eigenvalue weighted by Gasteiger charge is 2.11. The molecule has 1 heteroatoms. The third-order valence-electron chi connectivity index (χ3n) is 3.28. The summed E-state index contributed by atoms with van der Waals surface area (Å²) in [4.78, 5) is 0. The zero-order chi connectivity index (χ0) is 11.4. The van der Waals surface area contributed by atoms with E-state index in [1.54, 1.807) is 5.57 Å². The molecule has 1 aromatic rings. The van der Waals surface area contributed by atoms with Crippen molar-refractivity contribution in [2.24, 2.45) is 0 Å². The molecule has 1 aliphatic carbocycles. The molecule has 1 atom stereocenters. The van der Waals surface area contributed by atoms with Crippen LogP contribution in [0.3, 0.4) is 0 Å². The number of hydrogen-bond acceptors (Lipinski definition) is 1. The standard InChI is InChI=1S/C15H21N/c1-12-7-6-10-15(11-12)16-13(2)14-8-4-3-5-9-14/h6-8,10-11,13,16H,3-5,9H2,1-2H3. The fourth-order valence-corrected chi connectivity index (χ4v) is 2.33. The summed E-state index contributed by atoms with van der Waals surface area (Å²) in [6.45, 7) is 4.40. The monoisotopic (exact) mass is 215 g/mol. The Hall–Kier alpha value is -1.24. The summed E-state index contributed by atoms with van der Waals surface area (Å²) >= 11 is 0. The van der Waals surface area contributed by atoms with Crippen LogP contribution in [0.2, 0.25) is 0 Å². The lowest BCUT2D eigenvalue weighted by molar-refractivity contribution is 0.666. The molecular formula is C15H21N. The first kappa shape index (κ1) is 11.3. The number of hydrogen-bond donors (Lipinski definition) is 1. The smallest absolute Gasteiger partial charge is 0.0445 e. The normalized spacial score (nSPS) is 17.8. The molecule has 0 aliphatic heterocycles. The maximum absolute atomic E-state index is 3.58. The van der Waals surface area contributed by atoms with Crippen molar-refractivity contribution in [2.45, 2.75) is 45.6 Å². The second-order valence-electron chi connectivity index (χ2n) is 4.76. The molecule has 0 saturated carbocycles. The van der Waals surface area contributed by atoms with Gasteiger partial charge in [-0.1, -0.05) is 23.8 Å². The number of anilines is 1. The van der Waals surface area contributed by atoms with Crippen molar-refractivity contribution < 1.29 is 0 Å². The highest BCUT2D eigenvalue weighted by molar-refractivity contribution is 5.47. The van der Waals surface area contributed by atoms with Gasteiger partial charge in [0.1, 0.15) is 0 Å². The zero-order valence-corrected chi connectivity index (χ0v) is 10.3. The van der Waals surface area contributed by atoms with E-state index < -0.39 is 0 Å². The summed E-state index contributed by atoms with van der Waals surface area (Å²) in [7, 11) is 0. The van der Waals surface area contributed by atoms with E-state index in [-0.39, 0.29) is 0 Å². The first-order valence-corrected chi connectivity index (χ1v) is 6.28. The molecule has 2 rings (SSSR count). The first-order valence-electron chi connectivity index (χ1n) is 6.28. The molecule has 0 heterocycles. The number of benzene rings is 1. The van der Waals surface area contributed by atoms with Crippen LogP contribution in [-0.2, 0) is 0 Å². The van der Waals surface area contributed by atoms with Gasteiger partial charge < -0.3 is 5.32 Å². The summed E-state index contributed by atoms with van der Waals surface area (Å²) in [5.74, 6) is 0. The molecule has 0 spiro atoms. The number of rotatable bonds is 3. The van der Waals surface area contributed by atoms with Gasteiger partial charge in [0, 0.05) is 11.7 Å². The van der Waals surface area contributed by atoms with Gasteiger partial charge in [0.2, 0.25) is 0 Å². The molecule has 0 aromatic heterocycles. The van der Waals surface area contributed by atoms with Gasteiger partial charge in [0.25, 0.3) is 0 Å². The van der Waals surface area contributed by atoms with E-state index in [0.717, 1.165) is 0 Å². The zero-order valence-electron chi connectivity index (χ0n) is 10.3. The fourth-order valence-electron chi connectivity index (χ4n) is 2.33. The maximum Gasteiger partial charge on any atom is 0.0445 e. The Morgan fingerprint density at radius 2 is 2.12 bits per heavy atom. The van der Waals surface area contributed by atoms with Crippen LogP contribution in [0.4, 0.5) is 5.69 Å². The predicted molar refractivity (Wildman–Crippen MR) is 70.8 cm³/mol. The SMILES string of the molecule is Cc1cccc(NC(C)C2=CCCCC2)c1. The van der Waals surface area contributed by atoms with Crippen molar-refractivity contribution in [3.8, 4) is 0 Å². The third kappa shape index (κ3) is 2.88. The second-order valence-corrected chi connectivity index (χ2v) is 4.76. The van der Waals surface area contributed by atoms with Crippen LogP contribution < -0.4 is 5.32 Å². The van der Waals surface area contributed by atoms with E-state index >= 15 is 0 Å². The summed E-state index contributed by atoms with van der Waals surface area (Å²) in [5.41, 5.74) is 4.13. The average Bonchev–Trinajstić information content (AvgIpc) is 2.30. The highest BCUT2D eigenvalue weighted by atomic mass is 14.9. The molecular weight excluding hydrogens is 194 g/mol. The Morgan fingerprint density at radius 3 is 2.81 bits per heavy atom.